The van der Waals surface area contributed by atoms with Gasteiger partial charge in [-0.1, -0.05) is 54.1 Å². The van der Waals surface area contributed by atoms with E-state index >= 15 is 0 Å². The third-order valence-corrected chi connectivity index (χ3v) is 6.16. The number of carbonyl (C=O) groups excluding carboxylic acids is 1. The van der Waals surface area contributed by atoms with Gasteiger partial charge in [-0.3, -0.25) is 9.52 Å². The van der Waals surface area contributed by atoms with Gasteiger partial charge in [0.15, 0.2) is 0 Å². The van der Waals surface area contributed by atoms with Crippen molar-refractivity contribution in [2.45, 2.75) is 11.8 Å². The zero-order valence-corrected chi connectivity index (χ0v) is 17.1. The van der Waals surface area contributed by atoms with Crippen molar-refractivity contribution < 1.29 is 13.2 Å². The van der Waals surface area contributed by atoms with Crippen LogP contribution in [0.3, 0.4) is 0 Å². The molecule has 4 rings (SSSR count). The van der Waals surface area contributed by atoms with Crippen LogP contribution in [0.25, 0.3) is 10.8 Å². The molecule has 30 heavy (non-hydrogen) atoms. The molecule has 6 heteroatoms. The Bertz CT molecular complexity index is 1310. The normalized spacial score (nSPS) is 11.2. The molecule has 150 valence electrons. The van der Waals surface area contributed by atoms with Gasteiger partial charge < -0.3 is 5.32 Å². The highest BCUT2D eigenvalue weighted by atomic mass is 32.2. The number of amides is 1. The van der Waals surface area contributed by atoms with Crippen molar-refractivity contribution in [3.05, 3.63) is 102 Å². The number of benzene rings is 4. The van der Waals surface area contributed by atoms with Gasteiger partial charge in [0.25, 0.3) is 15.9 Å². The van der Waals surface area contributed by atoms with Gasteiger partial charge in [-0.15, -0.1) is 0 Å². The van der Waals surface area contributed by atoms with E-state index < -0.39 is 10.0 Å². The van der Waals surface area contributed by atoms with E-state index in [-0.39, 0.29) is 10.8 Å². The van der Waals surface area contributed by atoms with Crippen molar-refractivity contribution >= 4 is 38.1 Å². The van der Waals surface area contributed by atoms with Crippen LogP contribution in [0.15, 0.2) is 95.9 Å². The van der Waals surface area contributed by atoms with E-state index in [4.69, 9.17) is 0 Å². The first-order chi connectivity index (χ1) is 14.4. The molecule has 5 nitrogen and oxygen atoms in total. The summed E-state index contributed by atoms with van der Waals surface area (Å²) in [5, 5.41) is 4.73. The molecule has 1 amide bonds. The van der Waals surface area contributed by atoms with Crippen LogP contribution in [0.5, 0.6) is 0 Å². The average Bonchev–Trinajstić information content (AvgIpc) is 2.75. The Hall–Kier alpha value is -3.64. The molecule has 0 aliphatic heterocycles. The molecule has 0 aliphatic carbocycles. The van der Waals surface area contributed by atoms with Crippen LogP contribution in [0, 0.1) is 6.92 Å². The number of rotatable bonds is 5. The quantitative estimate of drug-likeness (QED) is 0.469. The second-order valence-corrected chi connectivity index (χ2v) is 8.66. The molecule has 0 heterocycles. The predicted octanol–water partition coefficient (Wildman–Crippen LogP) is 5.20. The number of hydrogen-bond acceptors (Lipinski definition) is 3. The Labute approximate surface area is 175 Å². The maximum Gasteiger partial charge on any atom is 0.261 e. The molecule has 0 atom stereocenters. The van der Waals surface area contributed by atoms with E-state index in [1.165, 1.54) is 0 Å². The van der Waals surface area contributed by atoms with Gasteiger partial charge in [0.1, 0.15) is 0 Å². The molecular formula is C24H20N2O3S. The first kappa shape index (κ1) is 19.7. The third-order valence-electron chi connectivity index (χ3n) is 4.76. The molecule has 0 aliphatic rings. The molecule has 0 spiro atoms. The Morgan fingerprint density at radius 1 is 0.733 bits per heavy atom. The van der Waals surface area contributed by atoms with Crippen molar-refractivity contribution in [2.24, 2.45) is 0 Å². The molecular weight excluding hydrogens is 396 g/mol. The highest BCUT2D eigenvalue weighted by Gasteiger charge is 2.14. The van der Waals surface area contributed by atoms with E-state index in [0.29, 0.717) is 16.9 Å². The van der Waals surface area contributed by atoms with E-state index in [1.807, 2.05) is 43.3 Å². The summed E-state index contributed by atoms with van der Waals surface area (Å²) in [4.78, 5) is 12.9. The standard InChI is InChI=1S/C24H20N2O3S/c1-17-9-15-21(16-10-17)30(28,29)26-20-13-11-19(12-14-20)25-24(27)23-8-4-6-18-5-2-3-7-22(18)23/h2-16,26H,1H3,(H,25,27). The van der Waals surface area contributed by atoms with Gasteiger partial charge in [0.05, 0.1) is 4.90 Å². The molecule has 2 N–H and O–H groups in total. The molecule has 0 aromatic heterocycles. The van der Waals surface area contributed by atoms with Crippen molar-refractivity contribution in [3.63, 3.8) is 0 Å². The van der Waals surface area contributed by atoms with Gasteiger partial charge in [0.2, 0.25) is 0 Å². The number of carbonyl (C=O) groups is 1. The molecule has 0 saturated carbocycles. The Morgan fingerprint density at radius 2 is 1.37 bits per heavy atom. The van der Waals surface area contributed by atoms with Crippen molar-refractivity contribution in [3.8, 4) is 0 Å². The lowest BCUT2D eigenvalue weighted by Gasteiger charge is -2.11. The lowest BCUT2D eigenvalue weighted by atomic mass is 10.0. The van der Waals surface area contributed by atoms with Gasteiger partial charge in [-0.2, -0.15) is 0 Å². The smallest absolute Gasteiger partial charge is 0.261 e. The zero-order valence-electron chi connectivity index (χ0n) is 16.3. The van der Waals surface area contributed by atoms with Crippen molar-refractivity contribution in [2.75, 3.05) is 10.0 Å². The summed E-state index contributed by atoms with van der Waals surface area (Å²) in [6, 6.07) is 26.5. The third kappa shape index (κ3) is 4.18. The summed E-state index contributed by atoms with van der Waals surface area (Å²) < 4.78 is 27.6. The second-order valence-electron chi connectivity index (χ2n) is 6.98. The molecule has 0 fully saturated rings. The Morgan fingerprint density at radius 3 is 2.10 bits per heavy atom. The molecule has 4 aromatic carbocycles. The monoisotopic (exact) mass is 416 g/mol. The number of anilines is 2. The number of fused-ring (bicyclic) bond motifs is 1. The van der Waals surface area contributed by atoms with Crippen LogP contribution in [0.2, 0.25) is 0 Å². The first-order valence-corrected chi connectivity index (χ1v) is 10.9. The largest absolute Gasteiger partial charge is 0.322 e. The van der Waals surface area contributed by atoms with E-state index in [0.717, 1.165) is 16.3 Å². The highest BCUT2D eigenvalue weighted by Crippen LogP contribution is 2.22. The SMILES string of the molecule is Cc1ccc(S(=O)(=O)Nc2ccc(NC(=O)c3cccc4ccccc34)cc2)cc1. The number of nitrogens with one attached hydrogen (secondary N) is 2. The minimum atomic E-state index is -3.67. The topological polar surface area (TPSA) is 75.3 Å². The fourth-order valence-corrected chi connectivity index (χ4v) is 4.23. The van der Waals surface area contributed by atoms with E-state index in [1.54, 1.807) is 54.6 Å². The number of hydrogen-bond donors (Lipinski definition) is 2. The second kappa shape index (κ2) is 8.00. The van der Waals surface area contributed by atoms with Gasteiger partial charge >= 0.3 is 0 Å². The van der Waals surface area contributed by atoms with Crippen LogP contribution in [-0.2, 0) is 10.0 Å². The van der Waals surface area contributed by atoms with Crippen molar-refractivity contribution in [1.82, 2.24) is 0 Å². The van der Waals surface area contributed by atoms with E-state index in [9.17, 15) is 13.2 Å². The summed E-state index contributed by atoms with van der Waals surface area (Å²) in [7, 11) is -3.67. The molecule has 0 unspecified atom stereocenters. The summed E-state index contributed by atoms with van der Waals surface area (Å²) in [5.74, 6) is -0.222. The molecule has 0 saturated heterocycles. The van der Waals surface area contributed by atoms with Crippen LogP contribution in [-0.4, -0.2) is 14.3 Å². The Kier molecular flexibility index (Phi) is 5.25. The highest BCUT2D eigenvalue weighted by molar-refractivity contribution is 7.92. The number of sulfonamides is 1. The maximum atomic E-state index is 12.7. The molecule has 0 bridgehead atoms. The van der Waals surface area contributed by atoms with Crippen LogP contribution in [0.4, 0.5) is 11.4 Å². The average molecular weight is 417 g/mol. The van der Waals surface area contributed by atoms with Gasteiger partial charge in [-0.25, -0.2) is 8.42 Å². The van der Waals surface area contributed by atoms with Gasteiger partial charge in [0, 0.05) is 16.9 Å². The Balaban J connectivity index is 1.50. The lowest BCUT2D eigenvalue weighted by Crippen LogP contribution is -2.14. The van der Waals surface area contributed by atoms with E-state index in [2.05, 4.69) is 10.0 Å². The minimum Gasteiger partial charge on any atom is -0.322 e. The van der Waals surface area contributed by atoms with Crippen LogP contribution in [0.1, 0.15) is 15.9 Å². The summed E-state index contributed by atoms with van der Waals surface area (Å²) in [5.41, 5.74) is 2.56. The van der Waals surface area contributed by atoms with Crippen LogP contribution < -0.4 is 10.0 Å². The predicted molar refractivity (Wildman–Crippen MR) is 120 cm³/mol. The van der Waals surface area contributed by atoms with Gasteiger partial charge in [-0.05, 0) is 60.2 Å². The number of aryl methyl sites for hydroxylation is 1. The fraction of sp³-hybridized carbons (Fsp3) is 0.0417. The summed E-state index contributed by atoms with van der Waals surface area (Å²) in [6.07, 6.45) is 0. The minimum absolute atomic E-state index is 0.196. The molecule has 4 aromatic rings. The fourth-order valence-electron chi connectivity index (χ4n) is 3.17. The molecule has 0 radical (unpaired) electrons. The van der Waals surface area contributed by atoms with Crippen molar-refractivity contribution in [1.29, 1.82) is 0 Å². The lowest BCUT2D eigenvalue weighted by molar-refractivity contribution is 0.102. The maximum absolute atomic E-state index is 12.7. The zero-order chi connectivity index (χ0) is 21.1. The van der Waals surface area contributed by atoms with Crippen LogP contribution >= 0.6 is 0 Å². The summed E-state index contributed by atoms with van der Waals surface area (Å²) >= 11 is 0. The first-order valence-electron chi connectivity index (χ1n) is 9.41. The summed E-state index contributed by atoms with van der Waals surface area (Å²) in [6.45, 7) is 1.90.